The van der Waals surface area contributed by atoms with Gasteiger partial charge in [0.1, 0.15) is 11.4 Å². The standard InChI is InChI=1S/C10H15N3O2/c11-8-1-3-12-9(5-8)13-6-10(14)2-4-15-7-10/h1,3,5,14H,2,4,6-7H2,(H3,11,12,13). The second kappa shape index (κ2) is 4.04. The number of anilines is 2. The minimum atomic E-state index is -0.772. The normalized spacial score (nSPS) is 25.4. The highest BCUT2D eigenvalue weighted by atomic mass is 16.5. The van der Waals surface area contributed by atoms with Crippen LogP contribution in [0.3, 0.4) is 0 Å². The molecule has 0 aromatic carbocycles. The van der Waals surface area contributed by atoms with E-state index < -0.39 is 5.60 Å². The van der Waals surface area contributed by atoms with Gasteiger partial charge in [-0.05, 0) is 6.07 Å². The Hall–Kier alpha value is -1.33. The van der Waals surface area contributed by atoms with E-state index in [2.05, 4.69) is 10.3 Å². The smallest absolute Gasteiger partial charge is 0.128 e. The van der Waals surface area contributed by atoms with Gasteiger partial charge in [-0.25, -0.2) is 4.98 Å². The third-order valence-electron chi connectivity index (χ3n) is 2.47. The van der Waals surface area contributed by atoms with Gasteiger partial charge >= 0.3 is 0 Å². The van der Waals surface area contributed by atoms with Crippen LogP contribution in [0.15, 0.2) is 18.3 Å². The Bertz CT molecular complexity index is 337. The van der Waals surface area contributed by atoms with E-state index >= 15 is 0 Å². The third kappa shape index (κ3) is 2.57. The topological polar surface area (TPSA) is 80.4 Å². The molecule has 1 atom stereocenters. The van der Waals surface area contributed by atoms with E-state index in [1.54, 1.807) is 18.3 Å². The van der Waals surface area contributed by atoms with E-state index in [1.807, 2.05) is 0 Å². The molecule has 0 bridgehead atoms. The summed E-state index contributed by atoms with van der Waals surface area (Å²) >= 11 is 0. The summed E-state index contributed by atoms with van der Waals surface area (Å²) in [6.45, 7) is 1.42. The number of nitrogen functional groups attached to an aromatic ring is 1. The van der Waals surface area contributed by atoms with Crippen LogP contribution >= 0.6 is 0 Å². The van der Waals surface area contributed by atoms with Crippen molar-refractivity contribution in [3.8, 4) is 0 Å². The first-order valence-electron chi connectivity index (χ1n) is 4.94. The van der Waals surface area contributed by atoms with E-state index in [9.17, 15) is 5.11 Å². The predicted octanol–water partition coefficient (Wildman–Crippen LogP) is 0.227. The molecule has 5 heteroatoms. The van der Waals surface area contributed by atoms with Crippen molar-refractivity contribution in [1.29, 1.82) is 0 Å². The first-order chi connectivity index (χ1) is 7.18. The monoisotopic (exact) mass is 209 g/mol. The second-order valence-electron chi connectivity index (χ2n) is 3.85. The zero-order valence-corrected chi connectivity index (χ0v) is 8.44. The number of rotatable bonds is 3. The number of ether oxygens (including phenoxy) is 1. The molecule has 0 radical (unpaired) electrons. The molecule has 1 aliphatic heterocycles. The molecule has 2 rings (SSSR count). The number of nitrogens with one attached hydrogen (secondary N) is 1. The molecule has 1 aromatic rings. The van der Waals surface area contributed by atoms with Gasteiger partial charge in [0.2, 0.25) is 0 Å². The predicted molar refractivity (Wildman–Crippen MR) is 57.5 cm³/mol. The largest absolute Gasteiger partial charge is 0.399 e. The van der Waals surface area contributed by atoms with Crippen LogP contribution in [0, 0.1) is 0 Å². The summed E-state index contributed by atoms with van der Waals surface area (Å²) < 4.78 is 5.14. The number of nitrogens with zero attached hydrogens (tertiary/aromatic N) is 1. The Labute approximate surface area is 88.3 Å². The molecule has 1 aliphatic rings. The van der Waals surface area contributed by atoms with E-state index in [0.29, 0.717) is 37.7 Å². The quantitative estimate of drug-likeness (QED) is 0.664. The minimum absolute atomic E-state index is 0.377. The third-order valence-corrected chi connectivity index (χ3v) is 2.47. The van der Waals surface area contributed by atoms with Crippen LogP contribution in [0.4, 0.5) is 11.5 Å². The van der Waals surface area contributed by atoms with Crippen molar-refractivity contribution in [2.75, 3.05) is 30.8 Å². The number of nitrogens with two attached hydrogens (primary N) is 1. The molecule has 2 heterocycles. The minimum Gasteiger partial charge on any atom is -0.399 e. The van der Waals surface area contributed by atoms with E-state index in [4.69, 9.17) is 10.5 Å². The summed E-state index contributed by atoms with van der Waals surface area (Å²) in [5, 5.41) is 13.0. The van der Waals surface area contributed by atoms with E-state index in [1.165, 1.54) is 0 Å². The highest BCUT2D eigenvalue weighted by Gasteiger charge is 2.31. The summed E-state index contributed by atoms with van der Waals surface area (Å²) in [5.74, 6) is 0.676. The lowest BCUT2D eigenvalue weighted by atomic mass is 10.0. The summed E-state index contributed by atoms with van der Waals surface area (Å²) in [6.07, 6.45) is 2.29. The Morgan fingerprint density at radius 1 is 1.67 bits per heavy atom. The second-order valence-corrected chi connectivity index (χ2v) is 3.85. The molecular formula is C10H15N3O2. The molecular weight excluding hydrogens is 194 g/mol. The van der Waals surface area contributed by atoms with Crippen LogP contribution < -0.4 is 11.1 Å². The van der Waals surface area contributed by atoms with Gasteiger partial charge in [-0.15, -0.1) is 0 Å². The molecule has 4 N–H and O–H groups in total. The molecule has 15 heavy (non-hydrogen) atoms. The highest BCUT2D eigenvalue weighted by molar-refractivity contribution is 5.48. The van der Waals surface area contributed by atoms with E-state index in [0.717, 1.165) is 0 Å². The lowest BCUT2D eigenvalue weighted by Crippen LogP contribution is -2.37. The molecule has 0 amide bonds. The van der Waals surface area contributed by atoms with Crippen LogP contribution in [-0.2, 0) is 4.74 Å². The van der Waals surface area contributed by atoms with Crippen molar-refractivity contribution in [3.05, 3.63) is 18.3 Å². The van der Waals surface area contributed by atoms with Gasteiger partial charge in [0.05, 0.1) is 6.61 Å². The van der Waals surface area contributed by atoms with Crippen LogP contribution in [-0.4, -0.2) is 35.5 Å². The fraction of sp³-hybridized carbons (Fsp3) is 0.500. The van der Waals surface area contributed by atoms with Gasteiger partial charge in [-0.2, -0.15) is 0 Å². The molecule has 82 valence electrons. The Morgan fingerprint density at radius 2 is 2.53 bits per heavy atom. The zero-order valence-electron chi connectivity index (χ0n) is 8.44. The molecule has 5 nitrogen and oxygen atoms in total. The first-order valence-corrected chi connectivity index (χ1v) is 4.94. The lowest BCUT2D eigenvalue weighted by molar-refractivity contribution is 0.0381. The van der Waals surface area contributed by atoms with Crippen molar-refractivity contribution < 1.29 is 9.84 Å². The van der Waals surface area contributed by atoms with Crippen molar-refractivity contribution >= 4 is 11.5 Å². The number of pyridine rings is 1. The molecule has 0 spiro atoms. The summed E-state index contributed by atoms with van der Waals surface area (Å²) in [6, 6.07) is 3.46. The van der Waals surface area contributed by atoms with Crippen LogP contribution in [0.25, 0.3) is 0 Å². The van der Waals surface area contributed by atoms with Crippen molar-refractivity contribution in [3.63, 3.8) is 0 Å². The molecule has 1 unspecified atom stereocenters. The lowest BCUT2D eigenvalue weighted by Gasteiger charge is -2.20. The average molecular weight is 209 g/mol. The maximum atomic E-state index is 9.98. The summed E-state index contributed by atoms with van der Waals surface area (Å²) in [4.78, 5) is 4.09. The number of hydrogen-bond acceptors (Lipinski definition) is 5. The molecule has 1 aromatic heterocycles. The van der Waals surface area contributed by atoms with Crippen molar-refractivity contribution in [2.45, 2.75) is 12.0 Å². The number of hydrogen-bond donors (Lipinski definition) is 3. The Balaban J connectivity index is 1.92. The first kappa shape index (κ1) is 10.2. The molecule has 0 aliphatic carbocycles. The van der Waals surface area contributed by atoms with Gasteiger partial charge in [0.25, 0.3) is 0 Å². The Morgan fingerprint density at radius 3 is 3.20 bits per heavy atom. The molecule has 1 saturated heterocycles. The van der Waals surface area contributed by atoms with Crippen molar-refractivity contribution in [1.82, 2.24) is 4.98 Å². The van der Waals surface area contributed by atoms with Crippen molar-refractivity contribution in [2.24, 2.45) is 0 Å². The summed E-state index contributed by atoms with van der Waals surface area (Å²) in [5.41, 5.74) is 5.49. The van der Waals surface area contributed by atoms with Gasteiger partial charge in [0, 0.05) is 37.5 Å². The van der Waals surface area contributed by atoms with Crippen LogP contribution in [0.2, 0.25) is 0 Å². The van der Waals surface area contributed by atoms with Crippen LogP contribution in [0.1, 0.15) is 6.42 Å². The highest BCUT2D eigenvalue weighted by Crippen LogP contribution is 2.19. The fourth-order valence-electron chi connectivity index (χ4n) is 1.53. The molecule has 1 fully saturated rings. The number of aromatic nitrogens is 1. The molecule has 0 saturated carbocycles. The summed E-state index contributed by atoms with van der Waals surface area (Å²) in [7, 11) is 0. The zero-order chi connectivity index (χ0) is 10.7. The van der Waals surface area contributed by atoms with Gasteiger partial charge in [-0.3, -0.25) is 0 Å². The van der Waals surface area contributed by atoms with Crippen LogP contribution in [0.5, 0.6) is 0 Å². The Kier molecular flexibility index (Phi) is 2.75. The van der Waals surface area contributed by atoms with E-state index in [-0.39, 0.29) is 0 Å². The SMILES string of the molecule is Nc1ccnc(NCC2(O)CCOC2)c1. The average Bonchev–Trinajstić information content (AvgIpc) is 2.63. The van der Waals surface area contributed by atoms with Gasteiger partial charge in [0.15, 0.2) is 0 Å². The maximum Gasteiger partial charge on any atom is 0.128 e. The van der Waals surface area contributed by atoms with Gasteiger partial charge < -0.3 is 20.9 Å². The fourth-order valence-corrected chi connectivity index (χ4v) is 1.53. The maximum absolute atomic E-state index is 9.98. The van der Waals surface area contributed by atoms with Gasteiger partial charge in [-0.1, -0.05) is 0 Å². The number of aliphatic hydroxyl groups is 1.